The van der Waals surface area contributed by atoms with Crippen molar-refractivity contribution in [2.45, 2.75) is 25.8 Å². The highest BCUT2D eigenvalue weighted by Gasteiger charge is 2.22. The number of benzene rings is 1. The van der Waals surface area contributed by atoms with E-state index < -0.39 is 0 Å². The molecule has 1 aromatic carbocycles. The molecule has 0 amide bonds. The first-order valence-electron chi connectivity index (χ1n) is 6.23. The van der Waals surface area contributed by atoms with Crippen LogP contribution in [0.2, 0.25) is 0 Å². The van der Waals surface area contributed by atoms with E-state index in [1.807, 2.05) is 18.2 Å². The molecule has 0 spiro atoms. The molecule has 4 heteroatoms. The van der Waals surface area contributed by atoms with Crippen LogP contribution in [0.5, 0.6) is 0 Å². The highest BCUT2D eigenvalue weighted by molar-refractivity contribution is 9.10. The summed E-state index contributed by atoms with van der Waals surface area (Å²) >= 11 is 3.47. The van der Waals surface area contributed by atoms with E-state index in [0.29, 0.717) is 6.04 Å². The Morgan fingerprint density at radius 2 is 2.35 bits per heavy atom. The average Bonchev–Trinajstić information content (AvgIpc) is 2.77. The van der Waals surface area contributed by atoms with Crippen LogP contribution in [0.15, 0.2) is 22.7 Å². The lowest BCUT2D eigenvalue weighted by molar-refractivity contribution is 0.277. The summed E-state index contributed by atoms with van der Waals surface area (Å²) in [5.74, 6) is 0. The van der Waals surface area contributed by atoms with Gasteiger partial charge in [-0.1, -0.05) is 22.9 Å². The number of nitrogens with two attached hydrogens (primary N) is 1. The summed E-state index contributed by atoms with van der Waals surface area (Å²) in [5.41, 5.74) is 7.79. The van der Waals surface area contributed by atoms with Crippen molar-refractivity contribution in [3.05, 3.63) is 22.7 Å². The Bertz CT molecular complexity index is 381. The van der Waals surface area contributed by atoms with Gasteiger partial charge in [-0.25, -0.2) is 0 Å². The van der Waals surface area contributed by atoms with Crippen molar-refractivity contribution in [3.63, 3.8) is 0 Å². The van der Waals surface area contributed by atoms with Gasteiger partial charge in [0.1, 0.15) is 0 Å². The summed E-state index contributed by atoms with van der Waals surface area (Å²) in [7, 11) is 0. The molecule has 1 aliphatic heterocycles. The van der Waals surface area contributed by atoms with E-state index in [1.165, 1.54) is 19.4 Å². The minimum atomic E-state index is 0.651. The molecule has 0 radical (unpaired) electrons. The van der Waals surface area contributed by atoms with E-state index in [0.717, 1.165) is 28.9 Å². The SMILES string of the molecule is CCN1CCCC1CNc1cc(Br)ccc1N. The van der Waals surface area contributed by atoms with Crippen LogP contribution in [0.1, 0.15) is 19.8 Å². The third-order valence-electron chi connectivity index (χ3n) is 3.45. The number of nitrogen functional groups attached to an aromatic ring is 1. The van der Waals surface area contributed by atoms with Gasteiger partial charge in [0.05, 0.1) is 11.4 Å². The van der Waals surface area contributed by atoms with Crippen LogP contribution in [0, 0.1) is 0 Å². The molecule has 2 rings (SSSR count). The molecule has 0 aromatic heterocycles. The predicted molar refractivity (Wildman–Crippen MR) is 77.3 cm³/mol. The van der Waals surface area contributed by atoms with Crippen molar-refractivity contribution >= 4 is 27.3 Å². The Hall–Kier alpha value is -0.740. The highest BCUT2D eigenvalue weighted by atomic mass is 79.9. The third-order valence-corrected chi connectivity index (χ3v) is 3.94. The molecule has 1 aromatic rings. The van der Waals surface area contributed by atoms with Gasteiger partial charge in [0.2, 0.25) is 0 Å². The summed E-state index contributed by atoms with van der Waals surface area (Å²) in [5, 5.41) is 3.46. The normalized spacial score (nSPS) is 20.7. The number of likely N-dealkylation sites (tertiary alicyclic amines) is 1. The molecule has 1 aliphatic rings. The summed E-state index contributed by atoms with van der Waals surface area (Å²) in [4.78, 5) is 2.53. The van der Waals surface area contributed by atoms with Crippen LogP contribution in [0.25, 0.3) is 0 Å². The van der Waals surface area contributed by atoms with Crippen molar-refractivity contribution in [1.82, 2.24) is 4.90 Å². The van der Waals surface area contributed by atoms with Gasteiger partial charge in [-0.05, 0) is 44.1 Å². The summed E-state index contributed by atoms with van der Waals surface area (Å²) in [6, 6.07) is 6.59. The minimum Gasteiger partial charge on any atom is -0.397 e. The molecular formula is C13H20BrN3. The molecule has 0 bridgehead atoms. The number of nitrogens with zero attached hydrogens (tertiary/aromatic N) is 1. The van der Waals surface area contributed by atoms with Gasteiger partial charge < -0.3 is 11.1 Å². The number of likely N-dealkylation sites (N-methyl/N-ethyl adjacent to an activating group) is 1. The number of anilines is 2. The van der Waals surface area contributed by atoms with Crippen molar-refractivity contribution in [1.29, 1.82) is 0 Å². The fourth-order valence-corrected chi connectivity index (χ4v) is 2.81. The number of hydrogen-bond acceptors (Lipinski definition) is 3. The molecule has 94 valence electrons. The van der Waals surface area contributed by atoms with Gasteiger partial charge in [0.15, 0.2) is 0 Å². The van der Waals surface area contributed by atoms with E-state index in [-0.39, 0.29) is 0 Å². The largest absolute Gasteiger partial charge is 0.397 e. The Kier molecular flexibility index (Phi) is 4.29. The first-order chi connectivity index (χ1) is 8.20. The molecule has 1 unspecified atom stereocenters. The molecule has 1 saturated heterocycles. The van der Waals surface area contributed by atoms with Crippen LogP contribution in [-0.2, 0) is 0 Å². The molecule has 17 heavy (non-hydrogen) atoms. The quantitative estimate of drug-likeness (QED) is 0.840. The first kappa shape index (κ1) is 12.7. The molecule has 1 heterocycles. The van der Waals surface area contributed by atoms with Gasteiger partial charge in [-0.2, -0.15) is 0 Å². The predicted octanol–water partition coefficient (Wildman–Crippen LogP) is 2.93. The Morgan fingerprint density at radius 1 is 1.53 bits per heavy atom. The second-order valence-electron chi connectivity index (χ2n) is 4.54. The summed E-state index contributed by atoms with van der Waals surface area (Å²) in [6.45, 7) is 5.58. The number of halogens is 1. The van der Waals surface area contributed by atoms with Gasteiger partial charge in [-0.3, -0.25) is 4.90 Å². The molecule has 3 nitrogen and oxygen atoms in total. The van der Waals surface area contributed by atoms with E-state index >= 15 is 0 Å². The molecule has 0 saturated carbocycles. The topological polar surface area (TPSA) is 41.3 Å². The van der Waals surface area contributed by atoms with Crippen LogP contribution < -0.4 is 11.1 Å². The Morgan fingerprint density at radius 3 is 3.12 bits per heavy atom. The zero-order chi connectivity index (χ0) is 12.3. The first-order valence-corrected chi connectivity index (χ1v) is 7.03. The molecule has 0 aliphatic carbocycles. The highest BCUT2D eigenvalue weighted by Crippen LogP contribution is 2.24. The van der Waals surface area contributed by atoms with Gasteiger partial charge in [0.25, 0.3) is 0 Å². The van der Waals surface area contributed by atoms with E-state index in [4.69, 9.17) is 5.73 Å². The lowest BCUT2D eigenvalue weighted by atomic mass is 10.2. The molecule has 1 fully saturated rings. The van der Waals surface area contributed by atoms with Crippen LogP contribution in [0.3, 0.4) is 0 Å². The smallest absolute Gasteiger partial charge is 0.0585 e. The molecule has 3 N–H and O–H groups in total. The van der Waals surface area contributed by atoms with Gasteiger partial charge in [0, 0.05) is 17.1 Å². The summed E-state index contributed by atoms with van der Waals surface area (Å²) in [6.07, 6.45) is 2.60. The van der Waals surface area contributed by atoms with Gasteiger partial charge in [-0.15, -0.1) is 0 Å². The van der Waals surface area contributed by atoms with Crippen molar-refractivity contribution in [2.75, 3.05) is 30.7 Å². The average molecular weight is 298 g/mol. The van der Waals surface area contributed by atoms with E-state index in [2.05, 4.69) is 33.1 Å². The van der Waals surface area contributed by atoms with Crippen LogP contribution in [-0.4, -0.2) is 30.6 Å². The molecule has 1 atom stereocenters. The zero-order valence-corrected chi connectivity index (χ0v) is 11.8. The minimum absolute atomic E-state index is 0.651. The second-order valence-corrected chi connectivity index (χ2v) is 5.45. The number of nitrogens with one attached hydrogen (secondary N) is 1. The number of hydrogen-bond donors (Lipinski definition) is 2. The van der Waals surface area contributed by atoms with E-state index in [1.54, 1.807) is 0 Å². The lowest BCUT2D eigenvalue weighted by Gasteiger charge is -2.23. The van der Waals surface area contributed by atoms with Crippen LogP contribution >= 0.6 is 15.9 Å². The second kappa shape index (κ2) is 5.74. The fraction of sp³-hybridized carbons (Fsp3) is 0.538. The maximum absolute atomic E-state index is 5.94. The summed E-state index contributed by atoms with van der Waals surface area (Å²) < 4.78 is 1.06. The van der Waals surface area contributed by atoms with Crippen molar-refractivity contribution < 1.29 is 0 Å². The van der Waals surface area contributed by atoms with E-state index in [9.17, 15) is 0 Å². The standard InChI is InChI=1S/C13H20BrN3/c1-2-17-7-3-4-11(17)9-16-13-8-10(14)5-6-12(13)15/h5-6,8,11,16H,2-4,7,9,15H2,1H3. The van der Waals surface area contributed by atoms with Crippen LogP contribution in [0.4, 0.5) is 11.4 Å². The lowest BCUT2D eigenvalue weighted by Crippen LogP contribution is -2.34. The van der Waals surface area contributed by atoms with Crippen molar-refractivity contribution in [3.8, 4) is 0 Å². The maximum atomic E-state index is 5.94. The molecular weight excluding hydrogens is 278 g/mol. The van der Waals surface area contributed by atoms with Crippen molar-refractivity contribution in [2.24, 2.45) is 0 Å². The Labute approximate surface area is 111 Å². The zero-order valence-electron chi connectivity index (χ0n) is 10.2. The fourth-order valence-electron chi connectivity index (χ4n) is 2.45. The Balaban J connectivity index is 1.95. The third kappa shape index (κ3) is 3.13. The monoisotopic (exact) mass is 297 g/mol. The number of rotatable bonds is 4. The van der Waals surface area contributed by atoms with Gasteiger partial charge >= 0.3 is 0 Å². The maximum Gasteiger partial charge on any atom is 0.0585 e.